The molecule has 1 heterocycles. The Hall–Kier alpha value is -1.94. The summed E-state index contributed by atoms with van der Waals surface area (Å²) in [4.78, 5) is 24.1. The number of para-hydroxylation sites is 1. The number of aldehydes is 1. The first kappa shape index (κ1) is 12.1. The van der Waals surface area contributed by atoms with Gasteiger partial charge in [-0.15, -0.1) is 0 Å². The standard InChI is InChI=1S/C15H10BrNO2/c16-12-8-4-7-11-13(12)17-14(19)15(11,9-18)10-5-2-1-3-6-10/h1-9H,(H,17,19). The number of hydrogen-bond donors (Lipinski definition) is 1. The zero-order chi connectivity index (χ0) is 13.5. The molecule has 0 radical (unpaired) electrons. The van der Waals surface area contributed by atoms with Crippen molar-refractivity contribution >= 4 is 33.8 Å². The summed E-state index contributed by atoms with van der Waals surface area (Å²) >= 11 is 3.40. The molecule has 0 aromatic heterocycles. The molecule has 3 nitrogen and oxygen atoms in total. The first-order valence-corrected chi connectivity index (χ1v) is 6.62. The number of fused-ring (bicyclic) bond motifs is 1. The van der Waals surface area contributed by atoms with Crippen LogP contribution in [0.3, 0.4) is 0 Å². The second kappa shape index (κ2) is 4.31. The topological polar surface area (TPSA) is 46.2 Å². The number of amides is 1. The van der Waals surface area contributed by atoms with Gasteiger partial charge < -0.3 is 10.1 Å². The highest BCUT2D eigenvalue weighted by molar-refractivity contribution is 9.10. The molecule has 0 spiro atoms. The average molecular weight is 316 g/mol. The van der Waals surface area contributed by atoms with Gasteiger partial charge in [0.1, 0.15) is 6.29 Å². The molecule has 2 aromatic rings. The van der Waals surface area contributed by atoms with Crippen LogP contribution in [0.4, 0.5) is 5.69 Å². The lowest BCUT2D eigenvalue weighted by Crippen LogP contribution is -2.37. The van der Waals surface area contributed by atoms with Crippen molar-refractivity contribution < 1.29 is 9.59 Å². The number of halogens is 1. The van der Waals surface area contributed by atoms with Crippen molar-refractivity contribution in [3.63, 3.8) is 0 Å². The van der Waals surface area contributed by atoms with Gasteiger partial charge in [0.05, 0.1) is 5.69 Å². The Bertz CT molecular complexity index is 669. The molecule has 3 rings (SSSR count). The molecular formula is C15H10BrNO2. The zero-order valence-electron chi connectivity index (χ0n) is 9.89. The third-order valence-corrected chi connectivity index (χ3v) is 4.10. The summed E-state index contributed by atoms with van der Waals surface area (Å²) in [5.41, 5.74) is 0.788. The quantitative estimate of drug-likeness (QED) is 0.684. The van der Waals surface area contributed by atoms with Gasteiger partial charge >= 0.3 is 0 Å². The minimum absolute atomic E-state index is 0.310. The largest absolute Gasteiger partial charge is 0.323 e. The minimum Gasteiger partial charge on any atom is -0.323 e. The number of benzene rings is 2. The molecule has 1 N–H and O–H groups in total. The molecule has 0 aliphatic carbocycles. The van der Waals surface area contributed by atoms with Crippen molar-refractivity contribution in [3.05, 3.63) is 64.1 Å². The lowest BCUT2D eigenvalue weighted by atomic mass is 9.77. The molecule has 0 fully saturated rings. The Labute approximate surface area is 118 Å². The fourth-order valence-electron chi connectivity index (χ4n) is 2.49. The molecule has 19 heavy (non-hydrogen) atoms. The monoisotopic (exact) mass is 315 g/mol. The minimum atomic E-state index is -1.25. The van der Waals surface area contributed by atoms with Gasteiger partial charge in [-0.3, -0.25) is 4.79 Å². The Morgan fingerprint density at radius 2 is 1.79 bits per heavy atom. The fraction of sp³-hybridized carbons (Fsp3) is 0.0667. The van der Waals surface area contributed by atoms with Crippen molar-refractivity contribution in [3.8, 4) is 0 Å². The second-order valence-electron chi connectivity index (χ2n) is 4.41. The van der Waals surface area contributed by atoms with E-state index in [-0.39, 0.29) is 5.91 Å². The van der Waals surface area contributed by atoms with Crippen molar-refractivity contribution in [2.45, 2.75) is 5.41 Å². The van der Waals surface area contributed by atoms with Crippen molar-refractivity contribution in [2.75, 3.05) is 5.32 Å². The summed E-state index contributed by atoms with van der Waals surface area (Å²) in [5, 5.41) is 2.79. The lowest BCUT2D eigenvalue weighted by molar-refractivity contribution is -0.124. The van der Waals surface area contributed by atoms with Gasteiger partial charge in [0.15, 0.2) is 5.41 Å². The SMILES string of the molecule is O=CC1(c2ccccc2)C(=O)Nc2c(Br)cccc21. The maximum atomic E-state index is 12.4. The molecule has 2 aromatic carbocycles. The van der Waals surface area contributed by atoms with Crippen molar-refractivity contribution in [2.24, 2.45) is 0 Å². The van der Waals surface area contributed by atoms with E-state index in [9.17, 15) is 9.59 Å². The first-order valence-electron chi connectivity index (χ1n) is 5.82. The molecule has 1 unspecified atom stereocenters. The van der Waals surface area contributed by atoms with Crippen LogP contribution in [0.1, 0.15) is 11.1 Å². The van der Waals surface area contributed by atoms with Gasteiger partial charge in [-0.05, 0) is 27.6 Å². The highest BCUT2D eigenvalue weighted by Gasteiger charge is 2.48. The summed E-state index contributed by atoms with van der Waals surface area (Å²) in [6, 6.07) is 14.6. The van der Waals surface area contributed by atoms with Gasteiger partial charge in [0.2, 0.25) is 5.91 Å². The first-order chi connectivity index (χ1) is 9.20. The molecule has 0 saturated heterocycles. The van der Waals surface area contributed by atoms with Gasteiger partial charge in [-0.2, -0.15) is 0 Å². The van der Waals surface area contributed by atoms with Crippen molar-refractivity contribution in [1.29, 1.82) is 0 Å². The van der Waals surface area contributed by atoms with Crippen LogP contribution in [0.25, 0.3) is 0 Å². The third-order valence-electron chi connectivity index (χ3n) is 3.44. The van der Waals surface area contributed by atoms with Crippen LogP contribution >= 0.6 is 15.9 Å². The smallest absolute Gasteiger partial charge is 0.246 e. The van der Waals surface area contributed by atoms with E-state index < -0.39 is 5.41 Å². The molecule has 1 amide bonds. The summed E-state index contributed by atoms with van der Waals surface area (Å²) in [5.74, 6) is -0.310. The lowest BCUT2D eigenvalue weighted by Gasteiger charge is -2.21. The Morgan fingerprint density at radius 3 is 2.47 bits per heavy atom. The number of carbonyl (C=O) groups excluding carboxylic acids is 2. The van der Waals surface area contributed by atoms with E-state index >= 15 is 0 Å². The highest BCUT2D eigenvalue weighted by Crippen LogP contribution is 2.44. The number of anilines is 1. The predicted molar refractivity (Wildman–Crippen MR) is 76.1 cm³/mol. The molecule has 1 aliphatic heterocycles. The van der Waals surface area contributed by atoms with E-state index in [1.54, 1.807) is 18.2 Å². The van der Waals surface area contributed by atoms with E-state index in [2.05, 4.69) is 21.2 Å². The van der Waals surface area contributed by atoms with E-state index in [0.29, 0.717) is 16.8 Å². The van der Waals surface area contributed by atoms with Crippen LogP contribution in [0, 0.1) is 0 Å². The van der Waals surface area contributed by atoms with Gasteiger partial charge in [0, 0.05) is 10.0 Å². The van der Waals surface area contributed by atoms with Gasteiger partial charge in [-0.1, -0.05) is 42.5 Å². The van der Waals surface area contributed by atoms with E-state index in [1.165, 1.54) is 0 Å². The van der Waals surface area contributed by atoms with Crippen molar-refractivity contribution in [1.82, 2.24) is 0 Å². The molecular weight excluding hydrogens is 306 g/mol. The van der Waals surface area contributed by atoms with E-state index in [4.69, 9.17) is 0 Å². The Balaban J connectivity index is 2.32. The van der Waals surface area contributed by atoms with E-state index in [1.807, 2.05) is 30.3 Å². The van der Waals surface area contributed by atoms with Crippen LogP contribution < -0.4 is 5.32 Å². The number of nitrogens with one attached hydrogen (secondary N) is 1. The molecule has 1 atom stereocenters. The zero-order valence-corrected chi connectivity index (χ0v) is 11.5. The van der Waals surface area contributed by atoms with Crippen LogP contribution in [0.15, 0.2) is 53.0 Å². The fourth-order valence-corrected chi connectivity index (χ4v) is 2.95. The van der Waals surface area contributed by atoms with E-state index in [0.717, 1.165) is 10.8 Å². The average Bonchev–Trinajstić information content (AvgIpc) is 2.74. The van der Waals surface area contributed by atoms with Crippen LogP contribution in [0.2, 0.25) is 0 Å². The van der Waals surface area contributed by atoms with Gasteiger partial charge in [0.25, 0.3) is 0 Å². The van der Waals surface area contributed by atoms with Crippen LogP contribution in [0.5, 0.6) is 0 Å². The molecule has 0 bridgehead atoms. The Morgan fingerprint density at radius 1 is 1.05 bits per heavy atom. The third kappa shape index (κ3) is 1.56. The summed E-state index contributed by atoms with van der Waals surface area (Å²) in [7, 11) is 0. The number of hydrogen-bond acceptors (Lipinski definition) is 2. The molecule has 0 saturated carbocycles. The Kier molecular flexibility index (Phi) is 2.75. The highest BCUT2D eigenvalue weighted by atomic mass is 79.9. The second-order valence-corrected chi connectivity index (χ2v) is 5.26. The summed E-state index contributed by atoms with van der Waals surface area (Å²) in [6.07, 6.45) is 0.718. The van der Waals surface area contributed by atoms with Crippen LogP contribution in [-0.4, -0.2) is 12.2 Å². The van der Waals surface area contributed by atoms with Crippen LogP contribution in [-0.2, 0) is 15.0 Å². The normalized spacial score (nSPS) is 20.8. The number of rotatable bonds is 2. The maximum Gasteiger partial charge on any atom is 0.246 e. The molecule has 94 valence electrons. The number of carbonyl (C=O) groups is 2. The maximum absolute atomic E-state index is 12.4. The molecule has 1 aliphatic rings. The summed E-state index contributed by atoms with van der Waals surface area (Å²) in [6.45, 7) is 0. The predicted octanol–water partition coefficient (Wildman–Crippen LogP) is 2.89. The molecule has 4 heteroatoms. The summed E-state index contributed by atoms with van der Waals surface area (Å²) < 4.78 is 0.776. The van der Waals surface area contributed by atoms with Gasteiger partial charge in [-0.25, -0.2) is 0 Å².